The molecule has 1 unspecified atom stereocenters. The monoisotopic (exact) mass is 362 g/mol. The van der Waals surface area contributed by atoms with E-state index < -0.39 is 6.10 Å². The summed E-state index contributed by atoms with van der Waals surface area (Å²) in [6.45, 7) is 4.82. The summed E-state index contributed by atoms with van der Waals surface area (Å²) in [6, 6.07) is 1.94. The first-order valence-corrected chi connectivity index (χ1v) is 8.27. The van der Waals surface area contributed by atoms with E-state index in [2.05, 4.69) is 21.0 Å². The first kappa shape index (κ1) is 15.0. The molecule has 104 valence electrons. The lowest BCUT2D eigenvalue weighted by Crippen LogP contribution is -2.08. The second kappa shape index (κ2) is 6.39. The SMILES string of the molecule is CCc1nn(CC)c(CC(O)c2cc(Br)cs2)c1Cl. The van der Waals surface area contributed by atoms with E-state index in [0.29, 0.717) is 11.4 Å². The summed E-state index contributed by atoms with van der Waals surface area (Å²) in [5.74, 6) is 0. The average Bonchev–Trinajstić information content (AvgIpc) is 2.95. The fourth-order valence-corrected chi connectivity index (χ4v) is 3.78. The zero-order chi connectivity index (χ0) is 14.0. The summed E-state index contributed by atoms with van der Waals surface area (Å²) in [6.07, 6.45) is 0.757. The highest BCUT2D eigenvalue weighted by molar-refractivity contribution is 9.10. The molecule has 0 radical (unpaired) electrons. The minimum absolute atomic E-state index is 0.493. The van der Waals surface area contributed by atoms with E-state index in [1.807, 2.05) is 30.0 Å². The summed E-state index contributed by atoms with van der Waals surface area (Å²) in [5, 5.41) is 17.4. The Balaban J connectivity index is 2.25. The summed E-state index contributed by atoms with van der Waals surface area (Å²) in [4.78, 5) is 0.935. The molecular weight excluding hydrogens is 348 g/mol. The van der Waals surface area contributed by atoms with Crippen LogP contribution in [0, 0.1) is 0 Å². The average molecular weight is 364 g/mol. The van der Waals surface area contributed by atoms with Crippen LogP contribution in [0.3, 0.4) is 0 Å². The molecule has 3 nitrogen and oxygen atoms in total. The van der Waals surface area contributed by atoms with Crippen molar-refractivity contribution in [3.05, 3.63) is 37.2 Å². The van der Waals surface area contributed by atoms with Crippen LogP contribution in [0.25, 0.3) is 0 Å². The van der Waals surface area contributed by atoms with Gasteiger partial charge in [0.05, 0.1) is 22.5 Å². The van der Waals surface area contributed by atoms with Crippen LogP contribution in [0.5, 0.6) is 0 Å². The van der Waals surface area contributed by atoms with E-state index in [1.54, 1.807) is 0 Å². The van der Waals surface area contributed by atoms with Gasteiger partial charge >= 0.3 is 0 Å². The van der Waals surface area contributed by atoms with E-state index in [4.69, 9.17) is 11.6 Å². The molecule has 2 heterocycles. The van der Waals surface area contributed by atoms with E-state index >= 15 is 0 Å². The van der Waals surface area contributed by atoms with Crippen molar-refractivity contribution < 1.29 is 5.11 Å². The van der Waals surface area contributed by atoms with Crippen LogP contribution < -0.4 is 0 Å². The Labute approximate surface area is 130 Å². The predicted octanol–water partition coefficient (Wildman–Crippen LogP) is 4.22. The quantitative estimate of drug-likeness (QED) is 0.863. The molecule has 0 bridgehead atoms. The molecule has 1 atom stereocenters. The van der Waals surface area contributed by atoms with Gasteiger partial charge in [-0.25, -0.2) is 0 Å². The third-order valence-electron chi connectivity index (χ3n) is 3.00. The molecule has 0 spiro atoms. The van der Waals surface area contributed by atoms with Crippen molar-refractivity contribution in [2.75, 3.05) is 0 Å². The van der Waals surface area contributed by atoms with E-state index in [-0.39, 0.29) is 0 Å². The summed E-state index contributed by atoms with van der Waals surface area (Å²) >= 11 is 11.3. The van der Waals surface area contributed by atoms with Crippen LogP contribution in [0.4, 0.5) is 0 Å². The Morgan fingerprint density at radius 2 is 2.26 bits per heavy atom. The number of hydrogen-bond acceptors (Lipinski definition) is 3. The molecule has 2 rings (SSSR count). The molecular formula is C13H16BrClN2OS. The Kier molecular flexibility index (Phi) is 5.06. The number of aliphatic hydroxyl groups excluding tert-OH is 1. The fraction of sp³-hybridized carbons (Fsp3) is 0.462. The van der Waals surface area contributed by atoms with Gasteiger partial charge in [0, 0.05) is 27.7 Å². The number of aromatic nitrogens is 2. The van der Waals surface area contributed by atoms with Gasteiger partial charge in [-0.05, 0) is 35.3 Å². The molecule has 0 aliphatic rings. The summed E-state index contributed by atoms with van der Waals surface area (Å²) in [5.41, 5.74) is 1.82. The topological polar surface area (TPSA) is 38.0 Å². The molecule has 19 heavy (non-hydrogen) atoms. The number of hydrogen-bond donors (Lipinski definition) is 1. The Morgan fingerprint density at radius 3 is 2.79 bits per heavy atom. The van der Waals surface area contributed by atoms with Crippen LogP contribution in [0.2, 0.25) is 5.02 Å². The maximum absolute atomic E-state index is 10.3. The van der Waals surface area contributed by atoms with Gasteiger partial charge in [0.15, 0.2) is 0 Å². The Bertz CT molecular complexity index is 567. The van der Waals surface area contributed by atoms with Gasteiger partial charge < -0.3 is 5.11 Å². The minimum Gasteiger partial charge on any atom is -0.387 e. The molecule has 6 heteroatoms. The smallest absolute Gasteiger partial charge is 0.0938 e. The molecule has 0 aromatic carbocycles. The highest BCUT2D eigenvalue weighted by Crippen LogP contribution is 2.31. The lowest BCUT2D eigenvalue weighted by Gasteiger charge is -2.10. The molecule has 0 saturated carbocycles. The maximum Gasteiger partial charge on any atom is 0.0938 e. The molecule has 0 fully saturated rings. The molecule has 2 aromatic heterocycles. The molecule has 0 aliphatic carbocycles. The van der Waals surface area contributed by atoms with Crippen LogP contribution in [-0.2, 0) is 19.4 Å². The number of rotatable bonds is 5. The molecule has 1 N–H and O–H groups in total. The van der Waals surface area contributed by atoms with Crippen molar-refractivity contribution in [3.8, 4) is 0 Å². The van der Waals surface area contributed by atoms with Gasteiger partial charge in [-0.1, -0.05) is 18.5 Å². The van der Waals surface area contributed by atoms with Gasteiger partial charge in [0.25, 0.3) is 0 Å². The van der Waals surface area contributed by atoms with Crippen molar-refractivity contribution in [2.45, 2.75) is 39.3 Å². The summed E-state index contributed by atoms with van der Waals surface area (Å²) in [7, 11) is 0. The fourth-order valence-electron chi connectivity index (χ4n) is 2.00. The number of thiophene rings is 1. The highest BCUT2D eigenvalue weighted by atomic mass is 79.9. The lowest BCUT2D eigenvalue weighted by atomic mass is 10.1. The van der Waals surface area contributed by atoms with Gasteiger partial charge in [0.1, 0.15) is 0 Å². The largest absolute Gasteiger partial charge is 0.387 e. The van der Waals surface area contributed by atoms with Crippen molar-refractivity contribution >= 4 is 38.9 Å². The first-order valence-electron chi connectivity index (χ1n) is 6.22. The van der Waals surface area contributed by atoms with Crippen LogP contribution in [0.1, 0.15) is 36.2 Å². The predicted molar refractivity (Wildman–Crippen MR) is 83.0 cm³/mol. The first-order chi connectivity index (χ1) is 9.06. The minimum atomic E-state index is -0.541. The second-order valence-electron chi connectivity index (χ2n) is 4.26. The van der Waals surface area contributed by atoms with Crippen molar-refractivity contribution in [2.24, 2.45) is 0 Å². The van der Waals surface area contributed by atoms with E-state index in [0.717, 1.165) is 33.7 Å². The van der Waals surface area contributed by atoms with Crippen LogP contribution in [-0.4, -0.2) is 14.9 Å². The Hall–Kier alpha value is -0.360. The number of aryl methyl sites for hydroxylation is 2. The van der Waals surface area contributed by atoms with Gasteiger partial charge in [0.2, 0.25) is 0 Å². The number of nitrogens with zero attached hydrogens (tertiary/aromatic N) is 2. The summed E-state index contributed by atoms with van der Waals surface area (Å²) < 4.78 is 2.88. The standard InChI is InChI=1S/C13H16BrClN2OS/c1-3-9-13(15)10(17(4-2)16-9)6-11(18)12-5-8(14)7-19-12/h5,7,11,18H,3-4,6H2,1-2H3. The molecule has 0 saturated heterocycles. The zero-order valence-corrected chi connectivity index (χ0v) is 14.0. The van der Waals surface area contributed by atoms with E-state index in [9.17, 15) is 5.11 Å². The third-order valence-corrected chi connectivity index (χ3v) is 5.23. The van der Waals surface area contributed by atoms with Gasteiger partial charge in [-0.3, -0.25) is 4.68 Å². The molecule has 2 aromatic rings. The van der Waals surface area contributed by atoms with Gasteiger partial charge in [-0.2, -0.15) is 5.10 Å². The molecule has 0 amide bonds. The highest BCUT2D eigenvalue weighted by Gasteiger charge is 2.19. The number of aliphatic hydroxyl groups is 1. The number of halogens is 2. The zero-order valence-electron chi connectivity index (χ0n) is 10.9. The van der Waals surface area contributed by atoms with Gasteiger partial charge in [-0.15, -0.1) is 11.3 Å². The molecule has 0 aliphatic heterocycles. The van der Waals surface area contributed by atoms with Crippen molar-refractivity contribution in [1.82, 2.24) is 9.78 Å². The Morgan fingerprint density at radius 1 is 1.53 bits per heavy atom. The van der Waals surface area contributed by atoms with E-state index in [1.165, 1.54) is 11.3 Å². The normalized spacial score (nSPS) is 12.9. The van der Waals surface area contributed by atoms with Crippen molar-refractivity contribution in [1.29, 1.82) is 0 Å². The van der Waals surface area contributed by atoms with Crippen LogP contribution in [0.15, 0.2) is 15.9 Å². The second-order valence-corrected chi connectivity index (χ2v) is 6.50. The third kappa shape index (κ3) is 3.21. The van der Waals surface area contributed by atoms with Crippen LogP contribution >= 0.6 is 38.9 Å². The lowest BCUT2D eigenvalue weighted by molar-refractivity contribution is 0.179. The maximum atomic E-state index is 10.3. The van der Waals surface area contributed by atoms with Crippen molar-refractivity contribution in [3.63, 3.8) is 0 Å².